The van der Waals surface area contributed by atoms with Crippen LogP contribution in [-0.4, -0.2) is 30.0 Å². The molecule has 3 aromatic rings. The van der Waals surface area contributed by atoms with Crippen LogP contribution in [0.1, 0.15) is 75.6 Å². The maximum Gasteiger partial charge on any atom is 0.300 e. The van der Waals surface area contributed by atoms with Gasteiger partial charge in [0.2, 0.25) is 0 Å². The van der Waals surface area contributed by atoms with E-state index in [9.17, 15) is 14.7 Å². The van der Waals surface area contributed by atoms with Crippen molar-refractivity contribution in [3.05, 3.63) is 95.1 Å². The highest BCUT2D eigenvalue weighted by Crippen LogP contribution is 2.42. The van der Waals surface area contributed by atoms with Crippen molar-refractivity contribution in [2.45, 2.75) is 58.9 Å². The average Bonchev–Trinajstić information content (AvgIpc) is 3.21. The number of aliphatic hydroxyl groups excluding tert-OH is 1. The molecule has 0 bridgehead atoms. The summed E-state index contributed by atoms with van der Waals surface area (Å²) in [5.74, 6) is 0.0919. The number of amides is 1. The third kappa shape index (κ3) is 6.17. The van der Waals surface area contributed by atoms with E-state index < -0.39 is 17.7 Å². The van der Waals surface area contributed by atoms with Crippen LogP contribution in [-0.2, 0) is 9.59 Å². The van der Waals surface area contributed by atoms with Gasteiger partial charge in [-0.2, -0.15) is 0 Å². The predicted octanol–water partition coefficient (Wildman–Crippen LogP) is 7.40. The van der Waals surface area contributed by atoms with Crippen molar-refractivity contribution in [3.8, 4) is 11.5 Å². The first-order chi connectivity index (χ1) is 18.8. The number of aliphatic hydroxyl groups is 1. The molecule has 1 heterocycles. The van der Waals surface area contributed by atoms with E-state index in [1.165, 1.54) is 4.90 Å². The number of unbranched alkanes of at least 4 members (excludes halogenated alkanes) is 2. The van der Waals surface area contributed by atoms with Crippen LogP contribution in [0.25, 0.3) is 5.76 Å². The van der Waals surface area contributed by atoms with E-state index in [4.69, 9.17) is 9.47 Å². The van der Waals surface area contributed by atoms with Crippen LogP contribution in [0.15, 0.2) is 78.4 Å². The van der Waals surface area contributed by atoms with Gasteiger partial charge in [-0.25, -0.2) is 0 Å². The molecule has 0 aromatic heterocycles. The minimum Gasteiger partial charge on any atom is -0.507 e. The largest absolute Gasteiger partial charge is 0.507 e. The lowest BCUT2D eigenvalue weighted by Crippen LogP contribution is -2.29. The van der Waals surface area contributed by atoms with Crippen molar-refractivity contribution in [3.63, 3.8) is 0 Å². The number of benzene rings is 3. The van der Waals surface area contributed by atoms with Crippen molar-refractivity contribution < 1.29 is 24.2 Å². The standard InChI is InChI=1S/C33H37NO5/c1-5-7-8-21-39-28-19-13-25(14-20-28)31(35)29-30(24-11-17-27(18-12-24)38-6-2)34(33(37)32(29)36)26-15-9-23(10-16-26)22(3)4/h9-20,22,30,35H,5-8,21H2,1-4H3/b31-29+. The Morgan fingerprint density at radius 3 is 2.05 bits per heavy atom. The summed E-state index contributed by atoms with van der Waals surface area (Å²) in [7, 11) is 0. The lowest BCUT2D eigenvalue weighted by Gasteiger charge is -2.26. The number of anilines is 1. The summed E-state index contributed by atoms with van der Waals surface area (Å²) in [6.07, 6.45) is 3.19. The normalized spacial score (nSPS) is 16.6. The summed E-state index contributed by atoms with van der Waals surface area (Å²) in [5.41, 5.74) is 2.91. The van der Waals surface area contributed by atoms with Crippen LogP contribution in [0.2, 0.25) is 0 Å². The molecule has 1 aliphatic heterocycles. The lowest BCUT2D eigenvalue weighted by molar-refractivity contribution is -0.132. The molecular weight excluding hydrogens is 490 g/mol. The van der Waals surface area contributed by atoms with Crippen molar-refractivity contribution in [1.82, 2.24) is 0 Å². The number of carbonyl (C=O) groups excluding carboxylic acids is 2. The molecule has 4 rings (SSSR count). The number of hydrogen-bond acceptors (Lipinski definition) is 5. The Hall–Kier alpha value is -4.06. The van der Waals surface area contributed by atoms with Crippen molar-refractivity contribution in [1.29, 1.82) is 0 Å². The quantitative estimate of drug-likeness (QED) is 0.122. The second-order valence-corrected chi connectivity index (χ2v) is 10.00. The summed E-state index contributed by atoms with van der Waals surface area (Å²) in [6, 6.07) is 21.1. The van der Waals surface area contributed by atoms with Gasteiger partial charge < -0.3 is 14.6 Å². The van der Waals surface area contributed by atoms with Crippen LogP contribution in [0.4, 0.5) is 5.69 Å². The molecule has 1 atom stereocenters. The third-order valence-electron chi connectivity index (χ3n) is 6.93. The first-order valence-corrected chi connectivity index (χ1v) is 13.7. The van der Waals surface area contributed by atoms with Gasteiger partial charge in [0.15, 0.2) is 0 Å². The Bertz CT molecular complexity index is 1310. The number of hydrogen-bond donors (Lipinski definition) is 1. The third-order valence-corrected chi connectivity index (χ3v) is 6.93. The highest BCUT2D eigenvalue weighted by molar-refractivity contribution is 6.51. The molecular formula is C33H37NO5. The summed E-state index contributed by atoms with van der Waals surface area (Å²) in [6.45, 7) is 9.40. The summed E-state index contributed by atoms with van der Waals surface area (Å²) in [4.78, 5) is 28.4. The zero-order valence-electron chi connectivity index (χ0n) is 23.1. The van der Waals surface area contributed by atoms with Gasteiger partial charge in [0.1, 0.15) is 17.3 Å². The Balaban J connectivity index is 1.75. The van der Waals surface area contributed by atoms with E-state index >= 15 is 0 Å². The van der Waals surface area contributed by atoms with Gasteiger partial charge in [0.05, 0.1) is 24.8 Å². The highest BCUT2D eigenvalue weighted by atomic mass is 16.5. The fraction of sp³-hybridized carbons (Fsp3) is 0.333. The monoisotopic (exact) mass is 527 g/mol. The van der Waals surface area contributed by atoms with E-state index in [1.807, 2.05) is 55.5 Å². The predicted molar refractivity (Wildman–Crippen MR) is 154 cm³/mol. The number of rotatable bonds is 11. The Labute approximate surface area is 230 Å². The van der Waals surface area contributed by atoms with Crippen LogP contribution >= 0.6 is 0 Å². The van der Waals surface area contributed by atoms with Crippen molar-refractivity contribution in [2.75, 3.05) is 18.1 Å². The average molecular weight is 528 g/mol. The van der Waals surface area contributed by atoms with E-state index in [1.54, 1.807) is 24.3 Å². The lowest BCUT2D eigenvalue weighted by atomic mass is 9.95. The van der Waals surface area contributed by atoms with Gasteiger partial charge in [0.25, 0.3) is 11.7 Å². The van der Waals surface area contributed by atoms with Crippen molar-refractivity contribution in [2.24, 2.45) is 0 Å². The number of Topliss-reactive ketones (excluding diaryl/α,β-unsaturated/α-hetero) is 1. The molecule has 1 fully saturated rings. The van der Waals surface area contributed by atoms with E-state index in [0.29, 0.717) is 47.4 Å². The Morgan fingerprint density at radius 1 is 0.846 bits per heavy atom. The first-order valence-electron chi connectivity index (χ1n) is 13.7. The first kappa shape index (κ1) is 28.0. The summed E-state index contributed by atoms with van der Waals surface area (Å²) >= 11 is 0. The molecule has 0 saturated carbocycles. The van der Waals surface area contributed by atoms with Crippen LogP contribution in [0.5, 0.6) is 11.5 Å². The maximum absolute atomic E-state index is 13.4. The SMILES string of the molecule is CCCCCOc1ccc(/C(O)=C2\C(=O)C(=O)N(c3ccc(C(C)C)cc3)C2c2ccc(OCC)cc2)cc1. The molecule has 0 spiro atoms. The summed E-state index contributed by atoms with van der Waals surface area (Å²) < 4.78 is 11.4. The van der Waals surface area contributed by atoms with E-state index in [-0.39, 0.29) is 11.3 Å². The van der Waals surface area contributed by atoms with Crippen molar-refractivity contribution >= 4 is 23.1 Å². The molecule has 39 heavy (non-hydrogen) atoms. The molecule has 6 nitrogen and oxygen atoms in total. The van der Waals surface area contributed by atoms with Gasteiger partial charge in [0, 0.05) is 11.3 Å². The minimum absolute atomic E-state index is 0.0497. The molecule has 1 aliphatic rings. The smallest absolute Gasteiger partial charge is 0.300 e. The molecule has 1 N–H and O–H groups in total. The van der Waals surface area contributed by atoms with Gasteiger partial charge in [-0.3, -0.25) is 14.5 Å². The topological polar surface area (TPSA) is 76.1 Å². The molecule has 1 unspecified atom stereocenters. The molecule has 204 valence electrons. The van der Waals surface area contributed by atoms with Crippen LogP contribution in [0, 0.1) is 0 Å². The molecule has 0 aliphatic carbocycles. The maximum atomic E-state index is 13.4. The second-order valence-electron chi connectivity index (χ2n) is 10.00. The van der Waals surface area contributed by atoms with Gasteiger partial charge >= 0.3 is 0 Å². The Morgan fingerprint density at radius 2 is 1.46 bits per heavy atom. The highest BCUT2D eigenvalue weighted by Gasteiger charge is 2.47. The van der Waals surface area contributed by atoms with Crippen LogP contribution in [0.3, 0.4) is 0 Å². The second kappa shape index (κ2) is 12.7. The minimum atomic E-state index is -0.796. The fourth-order valence-corrected chi connectivity index (χ4v) is 4.75. The number of ketones is 1. The zero-order chi connectivity index (χ0) is 27.9. The number of carbonyl (C=O) groups is 2. The van der Waals surface area contributed by atoms with E-state index in [0.717, 1.165) is 24.8 Å². The number of ether oxygens (including phenoxy) is 2. The van der Waals surface area contributed by atoms with E-state index in [2.05, 4.69) is 20.8 Å². The number of nitrogens with zero attached hydrogens (tertiary/aromatic N) is 1. The van der Waals surface area contributed by atoms with Gasteiger partial charge in [-0.15, -0.1) is 0 Å². The molecule has 0 radical (unpaired) electrons. The zero-order valence-corrected chi connectivity index (χ0v) is 23.1. The summed E-state index contributed by atoms with van der Waals surface area (Å²) in [5, 5.41) is 11.4. The Kier molecular flexibility index (Phi) is 9.07. The molecule has 1 amide bonds. The van der Waals surface area contributed by atoms with Gasteiger partial charge in [-0.1, -0.05) is 57.9 Å². The molecule has 1 saturated heterocycles. The van der Waals surface area contributed by atoms with Gasteiger partial charge in [-0.05, 0) is 78.9 Å². The molecule has 6 heteroatoms. The van der Waals surface area contributed by atoms with Crippen LogP contribution < -0.4 is 14.4 Å². The fourth-order valence-electron chi connectivity index (χ4n) is 4.75. The molecule has 3 aromatic carbocycles.